The molecule has 3 rings (SSSR count). The molecule has 1 heterocycles. The molecule has 1 aromatic heterocycles. The summed E-state index contributed by atoms with van der Waals surface area (Å²) < 4.78 is 27.8. The molecule has 0 saturated carbocycles. The van der Waals surface area contributed by atoms with Gasteiger partial charge in [0.25, 0.3) is 0 Å². The van der Waals surface area contributed by atoms with E-state index in [4.69, 9.17) is 0 Å². The van der Waals surface area contributed by atoms with Crippen LogP contribution in [-0.4, -0.2) is 15.8 Å². The van der Waals surface area contributed by atoms with Gasteiger partial charge in [0, 0.05) is 11.5 Å². The highest BCUT2D eigenvalue weighted by molar-refractivity contribution is 5.98. The predicted octanol–water partition coefficient (Wildman–Crippen LogP) is 3.70. The van der Waals surface area contributed by atoms with Crippen molar-refractivity contribution in [3.8, 4) is 0 Å². The van der Waals surface area contributed by atoms with Crippen LogP contribution in [0.1, 0.15) is 5.69 Å². The number of hydrogen-bond donors (Lipinski definition) is 1. The van der Waals surface area contributed by atoms with Crippen LogP contribution in [0.3, 0.4) is 0 Å². The van der Waals surface area contributed by atoms with E-state index in [-0.39, 0.29) is 5.69 Å². The Kier molecular flexibility index (Phi) is 3.13. The number of hydrogen-bond acceptors (Lipinski definition) is 2. The monoisotopic (exact) mass is 287 g/mol. The number of amides is 1. The first-order valence-corrected chi connectivity index (χ1v) is 6.27. The molecule has 0 aliphatic carbocycles. The largest absolute Gasteiger partial charge is 0.347 e. The molecule has 0 atom stereocenters. The Hall–Kier alpha value is -2.76. The van der Waals surface area contributed by atoms with Crippen molar-refractivity contribution in [3.63, 3.8) is 0 Å². The highest BCUT2D eigenvalue weighted by Crippen LogP contribution is 2.19. The highest BCUT2D eigenvalue weighted by Gasteiger charge is 2.15. The van der Waals surface area contributed by atoms with Crippen LogP contribution in [0, 0.1) is 18.6 Å². The standard InChI is InChI=1S/C15H11F2N3O/c1-9-11-4-2-3-5-14(11)20(19-9)15(21)18-13-8-10(16)6-7-12(13)17/h2-8H,1H3,(H,18,21). The van der Waals surface area contributed by atoms with Gasteiger partial charge in [-0.2, -0.15) is 9.78 Å². The summed E-state index contributed by atoms with van der Waals surface area (Å²) in [7, 11) is 0. The summed E-state index contributed by atoms with van der Waals surface area (Å²) in [4.78, 5) is 12.2. The van der Waals surface area contributed by atoms with Crippen molar-refractivity contribution in [2.45, 2.75) is 6.92 Å². The Morgan fingerprint density at radius 2 is 1.95 bits per heavy atom. The highest BCUT2D eigenvalue weighted by atomic mass is 19.1. The van der Waals surface area contributed by atoms with Crippen LogP contribution in [0.15, 0.2) is 42.5 Å². The molecule has 0 aliphatic heterocycles. The van der Waals surface area contributed by atoms with E-state index in [9.17, 15) is 13.6 Å². The maximum atomic E-state index is 13.6. The molecule has 2 aromatic carbocycles. The van der Waals surface area contributed by atoms with Gasteiger partial charge in [0.05, 0.1) is 16.9 Å². The number of halogens is 2. The van der Waals surface area contributed by atoms with E-state index in [0.29, 0.717) is 11.2 Å². The molecule has 3 aromatic rings. The second-order valence-corrected chi connectivity index (χ2v) is 4.57. The lowest BCUT2D eigenvalue weighted by molar-refractivity contribution is 0.251. The van der Waals surface area contributed by atoms with E-state index >= 15 is 0 Å². The van der Waals surface area contributed by atoms with Gasteiger partial charge in [-0.3, -0.25) is 0 Å². The summed E-state index contributed by atoms with van der Waals surface area (Å²) in [6.07, 6.45) is 0. The first-order valence-electron chi connectivity index (χ1n) is 6.27. The van der Waals surface area contributed by atoms with Gasteiger partial charge in [-0.1, -0.05) is 18.2 Å². The number of aryl methyl sites for hydroxylation is 1. The maximum Gasteiger partial charge on any atom is 0.347 e. The number of nitrogens with one attached hydrogen (secondary N) is 1. The third kappa shape index (κ3) is 2.35. The fraction of sp³-hybridized carbons (Fsp3) is 0.0667. The zero-order valence-corrected chi connectivity index (χ0v) is 11.1. The number of benzene rings is 2. The van der Waals surface area contributed by atoms with E-state index in [1.54, 1.807) is 19.1 Å². The van der Waals surface area contributed by atoms with Crippen molar-refractivity contribution >= 4 is 22.6 Å². The number of anilines is 1. The van der Waals surface area contributed by atoms with Crippen LogP contribution in [0.4, 0.5) is 19.3 Å². The summed E-state index contributed by atoms with van der Waals surface area (Å²) >= 11 is 0. The van der Waals surface area contributed by atoms with Gasteiger partial charge >= 0.3 is 6.03 Å². The lowest BCUT2D eigenvalue weighted by Gasteiger charge is -2.07. The van der Waals surface area contributed by atoms with Gasteiger partial charge in [-0.25, -0.2) is 13.6 Å². The second-order valence-electron chi connectivity index (χ2n) is 4.57. The third-order valence-corrected chi connectivity index (χ3v) is 3.13. The lowest BCUT2D eigenvalue weighted by Crippen LogP contribution is -2.21. The Labute approximate surface area is 119 Å². The molecule has 0 spiro atoms. The number of para-hydroxylation sites is 1. The quantitative estimate of drug-likeness (QED) is 0.741. The smallest absolute Gasteiger partial charge is 0.303 e. The topological polar surface area (TPSA) is 46.9 Å². The van der Waals surface area contributed by atoms with E-state index in [1.165, 1.54) is 0 Å². The summed E-state index contributed by atoms with van der Waals surface area (Å²) in [5.74, 6) is -1.34. The van der Waals surface area contributed by atoms with Crippen LogP contribution in [0.2, 0.25) is 0 Å². The fourth-order valence-electron chi connectivity index (χ4n) is 2.14. The molecule has 0 bridgehead atoms. The van der Waals surface area contributed by atoms with Crippen LogP contribution in [0.5, 0.6) is 0 Å². The SMILES string of the molecule is Cc1nn(C(=O)Nc2cc(F)ccc2F)c2ccccc12. The van der Waals surface area contributed by atoms with Crippen molar-refractivity contribution in [2.24, 2.45) is 0 Å². The van der Waals surface area contributed by atoms with Crippen molar-refractivity contribution in [1.82, 2.24) is 9.78 Å². The Morgan fingerprint density at radius 1 is 1.19 bits per heavy atom. The molecular weight excluding hydrogens is 276 g/mol. The molecule has 106 valence electrons. The first-order chi connectivity index (χ1) is 10.1. The lowest BCUT2D eigenvalue weighted by atomic mass is 10.2. The molecule has 0 radical (unpaired) electrons. The van der Waals surface area contributed by atoms with Crippen LogP contribution in [-0.2, 0) is 0 Å². The van der Waals surface area contributed by atoms with Crippen LogP contribution < -0.4 is 5.32 Å². The predicted molar refractivity (Wildman–Crippen MR) is 75.2 cm³/mol. The molecule has 4 nitrogen and oxygen atoms in total. The van der Waals surface area contributed by atoms with E-state index in [1.807, 2.05) is 12.1 Å². The Morgan fingerprint density at radius 3 is 2.76 bits per heavy atom. The first kappa shape index (κ1) is 13.2. The average Bonchev–Trinajstić information content (AvgIpc) is 2.81. The Bertz CT molecular complexity index is 842. The molecular formula is C15H11F2N3O. The Balaban J connectivity index is 2.00. The second kappa shape index (κ2) is 4.97. The number of aromatic nitrogens is 2. The molecule has 6 heteroatoms. The molecule has 1 amide bonds. The zero-order chi connectivity index (χ0) is 15.0. The maximum absolute atomic E-state index is 13.6. The molecule has 21 heavy (non-hydrogen) atoms. The van der Waals surface area contributed by atoms with Gasteiger partial charge in [-0.05, 0) is 25.1 Å². The minimum atomic E-state index is -0.710. The summed E-state index contributed by atoms with van der Waals surface area (Å²) in [5, 5.41) is 7.27. The summed E-state index contributed by atoms with van der Waals surface area (Å²) in [5.41, 5.74) is 1.06. The van der Waals surface area contributed by atoms with Crippen molar-refractivity contribution in [1.29, 1.82) is 0 Å². The number of carbonyl (C=O) groups excluding carboxylic acids is 1. The van der Waals surface area contributed by atoms with E-state index in [2.05, 4.69) is 10.4 Å². The molecule has 0 fully saturated rings. The fourth-order valence-corrected chi connectivity index (χ4v) is 2.14. The van der Waals surface area contributed by atoms with Crippen molar-refractivity contribution in [3.05, 3.63) is 59.8 Å². The minimum Gasteiger partial charge on any atom is -0.303 e. The summed E-state index contributed by atoms with van der Waals surface area (Å²) in [6.45, 7) is 1.77. The van der Waals surface area contributed by atoms with Gasteiger partial charge in [-0.15, -0.1) is 0 Å². The normalized spacial score (nSPS) is 10.8. The minimum absolute atomic E-state index is 0.225. The van der Waals surface area contributed by atoms with Gasteiger partial charge in [0.2, 0.25) is 0 Å². The third-order valence-electron chi connectivity index (χ3n) is 3.13. The van der Waals surface area contributed by atoms with Crippen molar-refractivity contribution < 1.29 is 13.6 Å². The summed E-state index contributed by atoms with van der Waals surface area (Å²) in [6, 6.07) is 9.40. The number of carbonyl (C=O) groups is 1. The molecule has 0 saturated heterocycles. The number of fused-ring (bicyclic) bond motifs is 1. The van der Waals surface area contributed by atoms with E-state index < -0.39 is 17.7 Å². The molecule has 1 N–H and O–H groups in total. The van der Waals surface area contributed by atoms with Crippen molar-refractivity contribution in [2.75, 3.05) is 5.32 Å². The van der Waals surface area contributed by atoms with Crippen LogP contribution >= 0.6 is 0 Å². The van der Waals surface area contributed by atoms with Crippen LogP contribution in [0.25, 0.3) is 10.9 Å². The molecule has 0 aliphatic rings. The molecule has 0 unspecified atom stereocenters. The average molecular weight is 287 g/mol. The zero-order valence-electron chi connectivity index (χ0n) is 11.1. The van der Waals surface area contributed by atoms with Gasteiger partial charge in [0.1, 0.15) is 11.6 Å². The number of nitrogens with zero attached hydrogens (tertiary/aromatic N) is 2. The van der Waals surface area contributed by atoms with E-state index in [0.717, 1.165) is 28.3 Å². The van der Waals surface area contributed by atoms with Gasteiger partial charge in [0.15, 0.2) is 0 Å². The van der Waals surface area contributed by atoms with Gasteiger partial charge < -0.3 is 5.32 Å². The number of rotatable bonds is 1.